The zero-order valence-electron chi connectivity index (χ0n) is 17.2. The number of rotatable bonds is 8. The highest BCUT2D eigenvalue weighted by Crippen LogP contribution is 2.22. The van der Waals surface area contributed by atoms with Crippen LogP contribution in [0.5, 0.6) is 0 Å². The van der Waals surface area contributed by atoms with Gasteiger partial charge in [0.15, 0.2) is 0 Å². The zero-order valence-corrected chi connectivity index (χ0v) is 17.2. The third kappa shape index (κ3) is 4.78. The Bertz CT molecular complexity index is 1190. The van der Waals surface area contributed by atoms with Crippen LogP contribution in [0.15, 0.2) is 73.2 Å². The highest BCUT2D eigenvalue weighted by molar-refractivity contribution is 6.04. The Morgan fingerprint density at radius 2 is 1.90 bits per heavy atom. The molecule has 1 N–H and O–H groups in total. The van der Waals surface area contributed by atoms with Crippen LogP contribution >= 0.6 is 0 Å². The van der Waals surface area contributed by atoms with Crippen molar-refractivity contribution in [2.45, 2.75) is 19.3 Å². The van der Waals surface area contributed by atoms with Crippen molar-refractivity contribution in [2.75, 3.05) is 5.32 Å². The first-order valence-electron chi connectivity index (χ1n) is 10.1. The maximum Gasteiger partial charge on any atom is 0.258 e. The van der Waals surface area contributed by atoms with Crippen LogP contribution < -0.4 is 5.32 Å². The van der Waals surface area contributed by atoms with Gasteiger partial charge in [-0.1, -0.05) is 30.3 Å². The lowest BCUT2D eigenvalue weighted by Crippen LogP contribution is -2.15. The van der Waals surface area contributed by atoms with Crippen LogP contribution in [0.2, 0.25) is 0 Å². The minimum absolute atomic E-state index is 0.243. The van der Waals surface area contributed by atoms with Gasteiger partial charge in [-0.15, -0.1) is 0 Å². The van der Waals surface area contributed by atoms with Crippen molar-refractivity contribution < 1.29 is 9.59 Å². The summed E-state index contributed by atoms with van der Waals surface area (Å²) in [4.78, 5) is 28.3. The number of amides is 1. The van der Waals surface area contributed by atoms with Gasteiger partial charge in [0.2, 0.25) is 5.95 Å². The van der Waals surface area contributed by atoms with E-state index in [2.05, 4.69) is 15.4 Å². The third-order valence-electron chi connectivity index (χ3n) is 4.93. The Morgan fingerprint density at radius 3 is 2.65 bits per heavy atom. The number of aldehydes is 1. The molecule has 1 amide bonds. The van der Waals surface area contributed by atoms with Crippen molar-refractivity contribution >= 4 is 18.1 Å². The predicted molar refractivity (Wildman–Crippen MR) is 119 cm³/mol. The molecule has 2 aromatic heterocycles. The molecule has 4 rings (SSSR count). The van der Waals surface area contributed by atoms with Crippen molar-refractivity contribution in [1.82, 2.24) is 19.3 Å². The molecular weight excluding hydrogens is 390 g/mol. The van der Waals surface area contributed by atoms with Crippen molar-refractivity contribution in [2.24, 2.45) is 7.05 Å². The first-order chi connectivity index (χ1) is 15.1. The van der Waals surface area contributed by atoms with E-state index in [0.717, 1.165) is 35.2 Å². The van der Waals surface area contributed by atoms with E-state index in [-0.39, 0.29) is 5.91 Å². The summed E-state index contributed by atoms with van der Waals surface area (Å²) in [5, 5.41) is 7.14. The molecular formula is C24H23N5O2. The maximum atomic E-state index is 13.0. The van der Waals surface area contributed by atoms with Gasteiger partial charge in [0.1, 0.15) is 6.29 Å². The van der Waals surface area contributed by atoms with E-state index in [1.165, 1.54) is 0 Å². The first kappa shape index (κ1) is 20.3. The van der Waals surface area contributed by atoms with E-state index >= 15 is 0 Å². The zero-order chi connectivity index (χ0) is 21.6. The second kappa shape index (κ2) is 9.21. The summed E-state index contributed by atoms with van der Waals surface area (Å²) in [6, 6.07) is 17.1. The SMILES string of the molecule is Cn1cc(-c2cccc(C(=O)Nc3nc(CCCC=O)cn3-c3ccccc3)c2)cn1. The fourth-order valence-corrected chi connectivity index (χ4v) is 3.37. The Kier molecular flexibility index (Phi) is 6.03. The van der Waals surface area contributed by atoms with E-state index in [0.29, 0.717) is 24.4 Å². The van der Waals surface area contributed by atoms with Gasteiger partial charge in [0.05, 0.1) is 11.9 Å². The molecule has 0 saturated heterocycles. The lowest BCUT2D eigenvalue weighted by Gasteiger charge is -2.09. The smallest absolute Gasteiger partial charge is 0.258 e. The number of anilines is 1. The summed E-state index contributed by atoms with van der Waals surface area (Å²) in [5.74, 6) is 0.206. The van der Waals surface area contributed by atoms with Crippen LogP contribution in [0.4, 0.5) is 5.95 Å². The number of benzene rings is 2. The monoisotopic (exact) mass is 413 g/mol. The van der Waals surface area contributed by atoms with Crippen molar-refractivity contribution in [3.63, 3.8) is 0 Å². The molecule has 31 heavy (non-hydrogen) atoms. The van der Waals surface area contributed by atoms with Crippen LogP contribution in [0.1, 0.15) is 28.9 Å². The topological polar surface area (TPSA) is 81.8 Å². The van der Waals surface area contributed by atoms with Gasteiger partial charge in [0.25, 0.3) is 5.91 Å². The summed E-state index contributed by atoms with van der Waals surface area (Å²) in [5.41, 5.74) is 4.12. The maximum absolute atomic E-state index is 13.0. The van der Waals surface area contributed by atoms with Crippen molar-refractivity contribution in [3.05, 3.63) is 84.4 Å². The van der Waals surface area contributed by atoms with E-state index < -0.39 is 0 Å². The quantitative estimate of drug-likeness (QED) is 0.349. The molecule has 0 radical (unpaired) electrons. The number of hydrogen-bond acceptors (Lipinski definition) is 4. The number of imidazole rings is 1. The van der Waals surface area contributed by atoms with Gasteiger partial charge in [0, 0.05) is 42.7 Å². The Morgan fingerprint density at radius 1 is 1.06 bits per heavy atom. The summed E-state index contributed by atoms with van der Waals surface area (Å²) in [6.07, 6.45) is 8.36. The molecule has 0 unspecified atom stereocenters. The Balaban J connectivity index is 1.60. The van der Waals surface area contributed by atoms with Gasteiger partial charge in [-0.3, -0.25) is 19.4 Å². The standard InChI is InChI=1S/C24H23N5O2/c1-28-16-20(15-25-28)18-8-7-9-19(14-18)23(31)27-24-26-21(10-5-6-13-30)17-29(24)22-11-3-2-4-12-22/h2-4,7-9,11-17H,5-6,10H2,1H3,(H,26,27,31). The molecule has 7 heteroatoms. The fraction of sp³-hybridized carbons (Fsp3) is 0.167. The molecule has 0 spiro atoms. The molecule has 0 bridgehead atoms. The second-order valence-electron chi connectivity index (χ2n) is 7.26. The van der Waals surface area contributed by atoms with Crippen LogP contribution in [0.25, 0.3) is 16.8 Å². The van der Waals surface area contributed by atoms with E-state index in [1.807, 2.05) is 72.5 Å². The Labute approximate surface area is 180 Å². The highest BCUT2D eigenvalue weighted by atomic mass is 16.1. The first-order valence-corrected chi connectivity index (χ1v) is 10.1. The molecule has 2 aromatic carbocycles. The normalized spacial score (nSPS) is 10.7. The average molecular weight is 413 g/mol. The highest BCUT2D eigenvalue weighted by Gasteiger charge is 2.15. The minimum Gasteiger partial charge on any atom is -0.303 e. The number of nitrogens with one attached hydrogen (secondary N) is 1. The lowest BCUT2D eigenvalue weighted by atomic mass is 10.1. The van der Waals surface area contributed by atoms with Gasteiger partial charge in [-0.25, -0.2) is 4.98 Å². The third-order valence-corrected chi connectivity index (χ3v) is 4.93. The molecule has 0 saturated carbocycles. The predicted octanol–water partition coefficient (Wildman–Crippen LogP) is 4.05. The summed E-state index contributed by atoms with van der Waals surface area (Å²) in [6.45, 7) is 0. The summed E-state index contributed by atoms with van der Waals surface area (Å²) in [7, 11) is 1.86. The summed E-state index contributed by atoms with van der Waals surface area (Å²) >= 11 is 0. The number of para-hydroxylation sites is 1. The number of hydrogen-bond donors (Lipinski definition) is 1. The van der Waals surface area contributed by atoms with Crippen LogP contribution in [0, 0.1) is 0 Å². The van der Waals surface area contributed by atoms with Crippen LogP contribution in [0.3, 0.4) is 0 Å². The Hall–Kier alpha value is -4.00. The summed E-state index contributed by atoms with van der Waals surface area (Å²) < 4.78 is 3.59. The molecule has 4 aromatic rings. The van der Waals surface area contributed by atoms with Gasteiger partial charge in [-0.05, 0) is 42.7 Å². The number of aromatic nitrogens is 4. The largest absolute Gasteiger partial charge is 0.303 e. The number of unbranched alkanes of at least 4 members (excludes halogenated alkanes) is 1. The number of aryl methyl sites for hydroxylation is 2. The van der Waals surface area contributed by atoms with E-state index in [9.17, 15) is 9.59 Å². The number of carbonyl (C=O) groups excluding carboxylic acids is 2. The molecule has 0 aliphatic heterocycles. The van der Waals surface area contributed by atoms with Gasteiger partial charge in [-0.2, -0.15) is 5.10 Å². The number of carbonyl (C=O) groups is 2. The molecule has 0 aliphatic carbocycles. The van der Waals surface area contributed by atoms with Crippen molar-refractivity contribution in [1.29, 1.82) is 0 Å². The van der Waals surface area contributed by atoms with Gasteiger partial charge < -0.3 is 4.79 Å². The lowest BCUT2D eigenvalue weighted by molar-refractivity contribution is -0.107. The van der Waals surface area contributed by atoms with Crippen LogP contribution in [-0.2, 0) is 18.3 Å². The molecule has 2 heterocycles. The molecule has 156 valence electrons. The average Bonchev–Trinajstić information content (AvgIpc) is 3.41. The molecule has 0 aliphatic rings. The van der Waals surface area contributed by atoms with E-state index in [4.69, 9.17) is 0 Å². The van der Waals surface area contributed by atoms with E-state index in [1.54, 1.807) is 16.9 Å². The molecule has 7 nitrogen and oxygen atoms in total. The van der Waals surface area contributed by atoms with Crippen molar-refractivity contribution in [3.8, 4) is 16.8 Å². The molecule has 0 fully saturated rings. The van der Waals surface area contributed by atoms with Gasteiger partial charge >= 0.3 is 0 Å². The fourth-order valence-electron chi connectivity index (χ4n) is 3.37. The number of nitrogens with zero attached hydrogens (tertiary/aromatic N) is 4. The second-order valence-corrected chi connectivity index (χ2v) is 7.26. The molecule has 0 atom stereocenters. The van der Waals surface area contributed by atoms with Crippen LogP contribution in [-0.4, -0.2) is 31.5 Å². The minimum atomic E-state index is -0.243.